The summed E-state index contributed by atoms with van der Waals surface area (Å²) in [5.74, 6) is -0.0388. The van der Waals surface area contributed by atoms with Crippen molar-refractivity contribution in [2.45, 2.75) is 6.42 Å². The lowest BCUT2D eigenvalue weighted by Crippen LogP contribution is -2.08. The second kappa shape index (κ2) is 6.65. The zero-order valence-electron chi connectivity index (χ0n) is 11.3. The van der Waals surface area contributed by atoms with Crippen molar-refractivity contribution >= 4 is 18.0 Å². The largest absolute Gasteiger partial charge is 0.492 e. The Morgan fingerprint density at radius 2 is 2.05 bits per heavy atom. The van der Waals surface area contributed by atoms with E-state index in [1.807, 2.05) is 0 Å². The van der Waals surface area contributed by atoms with Gasteiger partial charge in [0.2, 0.25) is 6.79 Å². The molecule has 1 aliphatic rings. The summed E-state index contributed by atoms with van der Waals surface area (Å²) in [7, 11) is 1.30. The third-order valence-electron chi connectivity index (χ3n) is 2.70. The van der Waals surface area contributed by atoms with Crippen LogP contribution in [0.5, 0.6) is 17.2 Å². The van der Waals surface area contributed by atoms with Gasteiger partial charge in [0.1, 0.15) is 5.75 Å². The van der Waals surface area contributed by atoms with Crippen molar-refractivity contribution in [1.29, 1.82) is 0 Å². The Bertz CT molecular complexity index is 577. The number of benzene rings is 1. The summed E-state index contributed by atoms with van der Waals surface area (Å²) in [4.78, 5) is 21.7. The van der Waals surface area contributed by atoms with Gasteiger partial charge in [-0.2, -0.15) is 0 Å². The van der Waals surface area contributed by atoms with Crippen LogP contribution >= 0.6 is 0 Å². The van der Waals surface area contributed by atoms with E-state index in [0.29, 0.717) is 22.8 Å². The molecule has 1 aliphatic heterocycles. The Morgan fingerprint density at radius 1 is 1.33 bits per heavy atom. The van der Waals surface area contributed by atoms with Crippen LogP contribution in [0.2, 0.25) is 0 Å². The van der Waals surface area contributed by atoms with Crippen molar-refractivity contribution in [3.8, 4) is 17.2 Å². The molecule has 0 aliphatic carbocycles. The molecule has 112 valence electrons. The Hall–Kier alpha value is -2.70. The SMILES string of the molecule is COC(=O)CCOc1cc2c(cc1C=CC(=O)O)OCO2. The molecule has 0 saturated heterocycles. The molecule has 21 heavy (non-hydrogen) atoms. The molecule has 0 saturated carbocycles. The number of carboxylic acids is 1. The summed E-state index contributed by atoms with van der Waals surface area (Å²) >= 11 is 0. The molecule has 0 spiro atoms. The average molecular weight is 294 g/mol. The van der Waals surface area contributed by atoms with E-state index in [2.05, 4.69) is 4.74 Å². The monoisotopic (exact) mass is 294 g/mol. The molecule has 0 fully saturated rings. The van der Waals surface area contributed by atoms with Gasteiger partial charge in [-0.15, -0.1) is 0 Å². The molecule has 0 radical (unpaired) electrons. The standard InChI is InChI=1S/C14H14O7/c1-18-14(17)4-5-19-10-7-12-11(20-8-21-12)6-9(10)2-3-13(15)16/h2-3,6-7H,4-5,8H2,1H3,(H,15,16). The van der Waals surface area contributed by atoms with Crippen LogP contribution in [-0.2, 0) is 14.3 Å². The Labute approximate surface area is 120 Å². The van der Waals surface area contributed by atoms with Crippen molar-refractivity contribution in [2.24, 2.45) is 0 Å². The zero-order valence-corrected chi connectivity index (χ0v) is 11.3. The van der Waals surface area contributed by atoms with Crippen LogP contribution in [-0.4, -0.2) is 37.6 Å². The third-order valence-corrected chi connectivity index (χ3v) is 2.70. The average Bonchev–Trinajstić information content (AvgIpc) is 2.91. The smallest absolute Gasteiger partial charge is 0.328 e. The van der Waals surface area contributed by atoms with Crippen molar-refractivity contribution in [2.75, 3.05) is 20.5 Å². The van der Waals surface area contributed by atoms with Crippen LogP contribution in [0, 0.1) is 0 Å². The lowest BCUT2D eigenvalue weighted by atomic mass is 10.1. The first-order chi connectivity index (χ1) is 10.1. The van der Waals surface area contributed by atoms with E-state index in [1.165, 1.54) is 13.2 Å². The molecular formula is C14H14O7. The second-order valence-electron chi connectivity index (χ2n) is 4.09. The number of methoxy groups -OCH3 is 1. The molecule has 2 rings (SSSR count). The van der Waals surface area contributed by atoms with E-state index >= 15 is 0 Å². The molecule has 0 unspecified atom stereocenters. The van der Waals surface area contributed by atoms with Gasteiger partial charge in [0.05, 0.1) is 20.1 Å². The summed E-state index contributed by atoms with van der Waals surface area (Å²) in [6.45, 7) is 0.212. The maximum atomic E-state index is 11.1. The van der Waals surface area contributed by atoms with E-state index in [-0.39, 0.29) is 19.8 Å². The quantitative estimate of drug-likeness (QED) is 0.627. The van der Waals surface area contributed by atoms with Crippen LogP contribution in [0.3, 0.4) is 0 Å². The van der Waals surface area contributed by atoms with E-state index in [4.69, 9.17) is 19.3 Å². The molecule has 1 aromatic rings. The fourth-order valence-electron chi connectivity index (χ4n) is 1.70. The fourth-order valence-corrected chi connectivity index (χ4v) is 1.70. The van der Waals surface area contributed by atoms with Gasteiger partial charge in [-0.3, -0.25) is 4.79 Å². The molecule has 0 amide bonds. The van der Waals surface area contributed by atoms with Crippen molar-refractivity contribution < 1.29 is 33.6 Å². The molecule has 7 nitrogen and oxygen atoms in total. The highest BCUT2D eigenvalue weighted by Gasteiger charge is 2.17. The summed E-state index contributed by atoms with van der Waals surface area (Å²) in [5, 5.41) is 8.70. The van der Waals surface area contributed by atoms with E-state index in [1.54, 1.807) is 12.1 Å². The molecule has 1 aromatic carbocycles. The number of hydrogen-bond donors (Lipinski definition) is 1. The Morgan fingerprint density at radius 3 is 2.71 bits per heavy atom. The number of fused-ring (bicyclic) bond motifs is 1. The van der Waals surface area contributed by atoms with Crippen LogP contribution in [0.4, 0.5) is 0 Å². The molecule has 0 aromatic heterocycles. The molecule has 1 N–H and O–H groups in total. The van der Waals surface area contributed by atoms with Gasteiger partial charge >= 0.3 is 11.9 Å². The highest BCUT2D eigenvalue weighted by Crippen LogP contribution is 2.38. The minimum Gasteiger partial charge on any atom is -0.492 e. The first-order valence-corrected chi connectivity index (χ1v) is 6.14. The Balaban J connectivity index is 2.16. The van der Waals surface area contributed by atoms with Gasteiger partial charge in [0.15, 0.2) is 11.5 Å². The number of ether oxygens (including phenoxy) is 4. The van der Waals surface area contributed by atoms with Crippen LogP contribution in [0.1, 0.15) is 12.0 Å². The topological polar surface area (TPSA) is 91.3 Å². The zero-order chi connectivity index (χ0) is 15.2. The summed E-state index contributed by atoms with van der Waals surface area (Å²) in [5.41, 5.74) is 0.520. The maximum Gasteiger partial charge on any atom is 0.328 e. The lowest BCUT2D eigenvalue weighted by Gasteiger charge is -2.10. The number of aliphatic carboxylic acids is 1. The number of carbonyl (C=O) groups is 2. The van der Waals surface area contributed by atoms with Gasteiger partial charge in [-0.05, 0) is 12.1 Å². The number of carboxylic acid groups (broad SMARTS) is 1. The molecular weight excluding hydrogens is 280 g/mol. The van der Waals surface area contributed by atoms with Gasteiger partial charge < -0.3 is 24.1 Å². The number of rotatable bonds is 6. The molecule has 0 bridgehead atoms. The predicted octanol–water partition coefficient (Wildman–Crippen LogP) is 1.45. The van der Waals surface area contributed by atoms with Gasteiger partial charge in [-0.25, -0.2) is 4.79 Å². The summed E-state index contributed by atoms with van der Waals surface area (Å²) in [6.07, 6.45) is 2.47. The normalized spacial score (nSPS) is 12.4. The van der Waals surface area contributed by atoms with Crippen molar-refractivity contribution in [1.82, 2.24) is 0 Å². The first kappa shape index (κ1) is 14.7. The van der Waals surface area contributed by atoms with Gasteiger partial charge in [-0.1, -0.05) is 0 Å². The Kier molecular flexibility index (Phi) is 4.65. The fraction of sp³-hybridized carbons (Fsp3) is 0.286. The van der Waals surface area contributed by atoms with E-state index in [9.17, 15) is 9.59 Å². The number of esters is 1. The van der Waals surface area contributed by atoms with Crippen molar-refractivity contribution in [3.63, 3.8) is 0 Å². The lowest BCUT2D eigenvalue weighted by molar-refractivity contribution is -0.141. The second-order valence-corrected chi connectivity index (χ2v) is 4.09. The minimum absolute atomic E-state index is 0.0903. The minimum atomic E-state index is -1.08. The first-order valence-electron chi connectivity index (χ1n) is 6.14. The highest BCUT2D eigenvalue weighted by atomic mass is 16.7. The molecule has 7 heteroatoms. The van der Waals surface area contributed by atoms with Crippen LogP contribution < -0.4 is 14.2 Å². The maximum absolute atomic E-state index is 11.1. The third kappa shape index (κ3) is 3.88. The van der Waals surface area contributed by atoms with Crippen LogP contribution in [0.25, 0.3) is 6.08 Å². The van der Waals surface area contributed by atoms with Gasteiger partial charge in [0.25, 0.3) is 0 Å². The van der Waals surface area contributed by atoms with Crippen molar-refractivity contribution in [3.05, 3.63) is 23.8 Å². The number of carbonyl (C=O) groups excluding carboxylic acids is 1. The molecule has 0 atom stereocenters. The number of hydrogen-bond acceptors (Lipinski definition) is 6. The van der Waals surface area contributed by atoms with Gasteiger partial charge in [0, 0.05) is 17.7 Å². The molecule has 1 heterocycles. The van der Waals surface area contributed by atoms with E-state index < -0.39 is 11.9 Å². The van der Waals surface area contributed by atoms with E-state index in [0.717, 1.165) is 6.08 Å². The predicted molar refractivity (Wildman–Crippen MR) is 71.4 cm³/mol. The highest BCUT2D eigenvalue weighted by molar-refractivity contribution is 5.86. The summed E-state index contributed by atoms with van der Waals surface area (Å²) in [6, 6.07) is 3.22. The van der Waals surface area contributed by atoms with Crippen LogP contribution in [0.15, 0.2) is 18.2 Å². The summed E-state index contributed by atoms with van der Waals surface area (Å²) < 4.78 is 20.5.